The zero-order chi connectivity index (χ0) is 11.7. The number of hydrogen-bond acceptors (Lipinski definition) is 3. The largest absolute Gasteiger partial charge is 0.493 e. The van der Waals surface area contributed by atoms with E-state index in [0.717, 1.165) is 18.1 Å². The van der Waals surface area contributed by atoms with Crippen LogP contribution < -0.4 is 14.8 Å². The van der Waals surface area contributed by atoms with Crippen LogP contribution in [-0.4, -0.2) is 20.8 Å². The van der Waals surface area contributed by atoms with Gasteiger partial charge in [0.15, 0.2) is 11.5 Å². The third-order valence-electron chi connectivity index (χ3n) is 3.15. The van der Waals surface area contributed by atoms with Crippen molar-refractivity contribution in [1.82, 2.24) is 5.32 Å². The molecule has 1 aromatic carbocycles. The van der Waals surface area contributed by atoms with E-state index in [0.29, 0.717) is 12.0 Å². The van der Waals surface area contributed by atoms with Crippen molar-refractivity contribution < 1.29 is 9.47 Å². The van der Waals surface area contributed by atoms with Crippen molar-refractivity contribution in [2.45, 2.75) is 19.9 Å². The molecule has 0 radical (unpaired) electrons. The van der Waals surface area contributed by atoms with Crippen LogP contribution in [0.2, 0.25) is 0 Å². The molecule has 0 fully saturated rings. The minimum absolute atomic E-state index is 0.345. The van der Waals surface area contributed by atoms with Crippen LogP contribution in [0.1, 0.15) is 24.1 Å². The lowest BCUT2D eigenvalue weighted by Gasteiger charge is -2.32. The number of aryl methyl sites for hydroxylation is 1. The summed E-state index contributed by atoms with van der Waals surface area (Å²) in [4.78, 5) is 0. The van der Waals surface area contributed by atoms with Crippen molar-refractivity contribution in [2.24, 2.45) is 5.92 Å². The Bertz CT molecular complexity index is 390. The van der Waals surface area contributed by atoms with Gasteiger partial charge in [0.1, 0.15) is 0 Å². The van der Waals surface area contributed by atoms with Crippen LogP contribution >= 0.6 is 0 Å². The smallest absolute Gasteiger partial charge is 0.165 e. The van der Waals surface area contributed by atoms with E-state index in [-0.39, 0.29) is 0 Å². The summed E-state index contributed by atoms with van der Waals surface area (Å²) in [6, 6.07) is 4.54. The molecular formula is C13H19NO2. The standard InChI is InChI=1S/C13H19NO2/c1-8-5-10-12(14-3)9(2)7-16-13(10)11(6-8)15-4/h5-6,9,12,14H,7H2,1-4H3. The Kier molecular flexibility index (Phi) is 3.06. The number of fused-ring (bicyclic) bond motifs is 1. The summed E-state index contributed by atoms with van der Waals surface area (Å²) >= 11 is 0. The number of benzene rings is 1. The molecule has 0 bridgehead atoms. The average molecular weight is 221 g/mol. The number of methoxy groups -OCH3 is 1. The molecule has 16 heavy (non-hydrogen) atoms. The maximum Gasteiger partial charge on any atom is 0.165 e. The van der Waals surface area contributed by atoms with Gasteiger partial charge in [0.05, 0.1) is 13.7 Å². The molecule has 1 heterocycles. The van der Waals surface area contributed by atoms with Gasteiger partial charge in [-0.05, 0) is 25.6 Å². The molecule has 0 amide bonds. The second-order valence-corrected chi connectivity index (χ2v) is 4.44. The van der Waals surface area contributed by atoms with E-state index in [9.17, 15) is 0 Å². The molecule has 0 aromatic heterocycles. The Morgan fingerprint density at radius 3 is 2.81 bits per heavy atom. The van der Waals surface area contributed by atoms with Crippen LogP contribution in [0.25, 0.3) is 0 Å². The molecule has 3 heteroatoms. The van der Waals surface area contributed by atoms with Crippen LogP contribution in [-0.2, 0) is 0 Å². The fraction of sp³-hybridized carbons (Fsp3) is 0.538. The monoisotopic (exact) mass is 221 g/mol. The normalized spacial score (nSPS) is 23.5. The van der Waals surface area contributed by atoms with Gasteiger partial charge in [0.25, 0.3) is 0 Å². The lowest BCUT2D eigenvalue weighted by Crippen LogP contribution is -2.32. The second-order valence-electron chi connectivity index (χ2n) is 4.44. The molecule has 3 nitrogen and oxygen atoms in total. The summed E-state index contributed by atoms with van der Waals surface area (Å²) in [5.41, 5.74) is 2.41. The summed E-state index contributed by atoms with van der Waals surface area (Å²) in [6.07, 6.45) is 0. The zero-order valence-corrected chi connectivity index (χ0v) is 10.3. The summed E-state index contributed by atoms with van der Waals surface area (Å²) in [6.45, 7) is 5.01. The second kappa shape index (κ2) is 4.34. The summed E-state index contributed by atoms with van der Waals surface area (Å²) < 4.78 is 11.1. The van der Waals surface area contributed by atoms with Crippen molar-refractivity contribution in [3.63, 3.8) is 0 Å². The van der Waals surface area contributed by atoms with E-state index in [4.69, 9.17) is 9.47 Å². The molecule has 2 atom stereocenters. The first-order valence-corrected chi connectivity index (χ1v) is 5.66. The highest BCUT2D eigenvalue weighted by atomic mass is 16.5. The first-order chi connectivity index (χ1) is 7.67. The topological polar surface area (TPSA) is 30.5 Å². The van der Waals surface area contributed by atoms with Gasteiger partial charge >= 0.3 is 0 Å². The molecule has 0 aliphatic carbocycles. The highest BCUT2D eigenvalue weighted by Gasteiger charge is 2.29. The van der Waals surface area contributed by atoms with E-state index in [1.54, 1.807) is 7.11 Å². The fourth-order valence-electron chi connectivity index (χ4n) is 2.36. The highest BCUT2D eigenvalue weighted by molar-refractivity contribution is 5.51. The lowest BCUT2D eigenvalue weighted by atomic mass is 9.91. The van der Waals surface area contributed by atoms with E-state index >= 15 is 0 Å². The number of ether oxygens (including phenoxy) is 2. The molecule has 1 aliphatic heterocycles. The molecule has 2 unspecified atom stereocenters. The Morgan fingerprint density at radius 2 is 2.19 bits per heavy atom. The average Bonchev–Trinajstić information content (AvgIpc) is 2.27. The van der Waals surface area contributed by atoms with Gasteiger partial charge < -0.3 is 14.8 Å². The quantitative estimate of drug-likeness (QED) is 0.831. The van der Waals surface area contributed by atoms with Crippen molar-refractivity contribution in [1.29, 1.82) is 0 Å². The molecule has 0 saturated heterocycles. The third-order valence-corrected chi connectivity index (χ3v) is 3.15. The molecule has 2 rings (SSSR count). The Hall–Kier alpha value is -1.22. The molecule has 1 aliphatic rings. The van der Waals surface area contributed by atoms with Crippen molar-refractivity contribution in [2.75, 3.05) is 20.8 Å². The van der Waals surface area contributed by atoms with Gasteiger partial charge in [-0.15, -0.1) is 0 Å². The highest BCUT2D eigenvalue weighted by Crippen LogP contribution is 2.42. The maximum atomic E-state index is 5.78. The molecule has 0 spiro atoms. The number of nitrogens with one attached hydrogen (secondary N) is 1. The van der Waals surface area contributed by atoms with Crippen LogP contribution in [0.3, 0.4) is 0 Å². The summed E-state index contributed by atoms with van der Waals surface area (Å²) in [5.74, 6) is 2.21. The first kappa shape index (κ1) is 11.3. The van der Waals surface area contributed by atoms with Gasteiger partial charge in [0.2, 0.25) is 0 Å². The first-order valence-electron chi connectivity index (χ1n) is 5.66. The SMILES string of the molecule is CNC1c2cc(C)cc(OC)c2OCC1C. The Labute approximate surface area is 96.8 Å². The van der Waals surface area contributed by atoms with Crippen molar-refractivity contribution >= 4 is 0 Å². The van der Waals surface area contributed by atoms with Gasteiger partial charge in [-0.3, -0.25) is 0 Å². The van der Waals surface area contributed by atoms with E-state index in [1.807, 2.05) is 13.1 Å². The van der Waals surface area contributed by atoms with E-state index in [1.165, 1.54) is 11.1 Å². The molecule has 0 saturated carbocycles. The lowest BCUT2D eigenvalue weighted by molar-refractivity contribution is 0.185. The van der Waals surface area contributed by atoms with Crippen LogP contribution in [0.5, 0.6) is 11.5 Å². The molecule has 88 valence electrons. The summed E-state index contributed by atoms with van der Waals surface area (Å²) in [7, 11) is 3.68. The van der Waals surface area contributed by atoms with Gasteiger partial charge in [0, 0.05) is 17.5 Å². The Balaban J connectivity index is 2.52. The predicted molar refractivity (Wildman–Crippen MR) is 64.2 cm³/mol. The van der Waals surface area contributed by atoms with Crippen molar-refractivity contribution in [3.05, 3.63) is 23.3 Å². The minimum atomic E-state index is 0.345. The van der Waals surface area contributed by atoms with Crippen LogP contribution in [0.15, 0.2) is 12.1 Å². The number of rotatable bonds is 2. The molecular weight excluding hydrogens is 202 g/mol. The third kappa shape index (κ3) is 1.76. The van der Waals surface area contributed by atoms with Crippen molar-refractivity contribution in [3.8, 4) is 11.5 Å². The minimum Gasteiger partial charge on any atom is -0.493 e. The predicted octanol–water partition coefficient (Wildman–Crippen LogP) is 2.29. The fourth-order valence-corrected chi connectivity index (χ4v) is 2.36. The zero-order valence-electron chi connectivity index (χ0n) is 10.3. The van der Waals surface area contributed by atoms with Crippen LogP contribution in [0.4, 0.5) is 0 Å². The van der Waals surface area contributed by atoms with Gasteiger partial charge in [-0.1, -0.05) is 13.0 Å². The maximum absolute atomic E-state index is 5.78. The van der Waals surface area contributed by atoms with Gasteiger partial charge in [-0.25, -0.2) is 0 Å². The Morgan fingerprint density at radius 1 is 1.44 bits per heavy atom. The summed E-state index contributed by atoms with van der Waals surface area (Å²) in [5, 5.41) is 3.35. The van der Waals surface area contributed by atoms with Crippen LogP contribution in [0, 0.1) is 12.8 Å². The number of hydrogen-bond donors (Lipinski definition) is 1. The van der Waals surface area contributed by atoms with E-state index in [2.05, 4.69) is 25.2 Å². The van der Waals surface area contributed by atoms with E-state index < -0.39 is 0 Å². The van der Waals surface area contributed by atoms with Gasteiger partial charge in [-0.2, -0.15) is 0 Å². The molecule has 1 aromatic rings. The molecule has 1 N–H and O–H groups in total.